The van der Waals surface area contributed by atoms with Crippen molar-refractivity contribution in [3.8, 4) is 0 Å². The Morgan fingerprint density at radius 3 is 3.00 bits per heavy atom. The van der Waals surface area contributed by atoms with Gasteiger partial charge in [0.2, 0.25) is 0 Å². The summed E-state index contributed by atoms with van der Waals surface area (Å²) in [5.41, 5.74) is 8.21. The van der Waals surface area contributed by atoms with Crippen LogP contribution in [-0.4, -0.2) is 16.5 Å². The van der Waals surface area contributed by atoms with Crippen LogP contribution in [0.5, 0.6) is 0 Å². The van der Waals surface area contributed by atoms with Crippen LogP contribution in [0.25, 0.3) is 0 Å². The molecule has 1 unspecified atom stereocenters. The summed E-state index contributed by atoms with van der Waals surface area (Å²) in [5.74, 6) is 1.81. The van der Waals surface area contributed by atoms with Crippen molar-refractivity contribution in [3.05, 3.63) is 23.3 Å². The third kappa shape index (κ3) is 1.52. The summed E-state index contributed by atoms with van der Waals surface area (Å²) in [7, 11) is 0. The Balaban J connectivity index is 2.37. The van der Waals surface area contributed by atoms with E-state index in [9.17, 15) is 0 Å². The molecule has 2 rings (SSSR count). The van der Waals surface area contributed by atoms with Gasteiger partial charge in [0.1, 0.15) is 5.82 Å². The van der Waals surface area contributed by atoms with E-state index in [1.165, 1.54) is 11.3 Å². The number of aromatic nitrogens is 2. The monoisotopic (exact) mass is 191 g/mol. The van der Waals surface area contributed by atoms with Gasteiger partial charge in [0, 0.05) is 24.6 Å². The molecule has 0 aliphatic heterocycles. The Bertz CT molecular complexity index is 333. The molecule has 0 fully saturated rings. The second-order valence-corrected chi connectivity index (χ2v) is 4.26. The van der Waals surface area contributed by atoms with Gasteiger partial charge in [-0.15, -0.1) is 0 Å². The van der Waals surface area contributed by atoms with Crippen LogP contribution in [0.3, 0.4) is 0 Å². The van der Waals surface area contributed by atoms with Crippen LogP contribution in [0.1, 0.15) is 49.2 Å². The Hall–Kier alpha value is -0.960. The van der Waals surface area contributed by atoms with E-state index >= 15 is 0 Å². The normalized spacial score (nSPS) is 20.1. The summed E-state index contributed by atoms with van der Waals surface area (Å²) in [6.07, 6.45) is 4.21. The van der Waals surface area contributed by atoms with E-state index in [1.54, 1.807) is 0 Å². The van der Waals surface area contributed by atoms with Crippen molar-refractivity contribution in [2.75, 3.05) is 6.54 Å². The molecule has 14 heavy (non-hydrogen) atoms. The van der Waals surface area contributed by atoms with Crippen molar-refractivity contribution in [1.82, 2.24) is 9.97 Å². The third-order valence-electron chi connectivity index (χ3n) is 2.87. The van der Waals surface area contributed by atoms with Crippen LogP contribution < -0.4 is 5.73 Å². The molecule has 0 saturated heterocycles. The molecular formula is C11H17N3. The largest absolute Gasteiger partial charge is 0.330 e. The molecule has 2 N–H and O–H groups in total. The lowest BCUT2D eigenvalue weighted by molar-refractivity contribution is 0.663. The molecule has 1 aromatic rings. The zero-order valence-electron chi connectivity index (χ0n) is 8.83. The van der Waals surface area contributed by atoms with Gasteiger partial charge in [-0.3, -0.25) is 0 Å². The topological polar surface area (TPSA) is 51.8 Å². The first-order valence-electron chi connectivity index (χ1n) is 5.28. The van der Waals surface area contributed by atoms with Gasteiger partial charge in [-0.2, -0.15) is 0 Å². The first-order valence-corrected chi connectivity index (χ1v) is 5.28. The molecule has 0 saturated carbocycles. The standard InChI is InChI=1S/C11H17N3/c1-7(2)11-13-6-9-4-3-8(5-12)10(9)14-11/h6-8H,3-5,12H2,1-2H3. The SMILES string of the molecule is CC(C)c1ncc2c(n1)C(CN)CC2. The lowest BCUT2D eigenvalue weighted by atomic mass is 10.1. The maximum atomic E-state index is 5.71. The molecule has 76 valence electrons. The molecule has 3 nitrogen and oxygen atoms in total. The molecule has 1 aliphatic carbocycles. The summed E-state index contributed by atoms with van der Waals surface area (Å²) >= 11 is 0. The quantitative estimate of drug-likeness (QED) is 0.772. The van der Waals surface area contributed by atoms with Crippen LogP contribution in [0.2, 0.25) is 0 Å². The summed E-state index contributed by atoms with van der Waals surface area (Å²) in [5, 5.41) is 0. The van der Waals surface area contributed by atoms with Crippen molar-refractivity contribution in [1.29, 1.82) is 0 Å². The van der Waals surface area contributed by atoms with Crippen molar-refractivity contribution >= 4 is 0 Å². The smallest absolute Gasteiger partial charge is 0.131 e. The van der Waals surface area contributed by atoms with E-state index < -0.39 is 0 Å². The van der Waals surface area contributed by atoms with E-state index in [0.717, 1.165) is 18.7 Å². The number of hydrogen-bond donors (Lipinski definition) is 1. The Kier molecular flexibility index (Phi) is 2.50. The molecule has 1 aliphatic rings. The van der Waals surface area contributed by atoms with Gasteiger partial charge in [0.15, 0.2) is 0 Å². The minimum Gasteiger partial charge on any atom is -0.330 e. The number of aryl methyl sites for hydroxylation is 1. The zero-order valence-corrected chi connectivity index (χ0v) is 8.83. The van der Waals surface area contributed by atoms with E-state index in [2.05, 4.69) is 23.8 Å². The van der Waals surface area contributed by atoms with E-state index in [-0.39, 0.29) is 0 Å². The Morgan fingerprint density at radius 2 is 2.36 bits per heavy atom. The van der Waals surface area contributed by atoms with E-state index in [4.69, 9.17) is 5.73 Å². The zero-order chi connectivity index (χ0) is 10.1. The maximum absolute atomic E-state index is 5.71. The molecule has 1 heterocycles. The average Bonchev–Trinajstić information content (AvgIpc) is 2.59. The fourth-order valence-corrected chi connectivity index (χ4v) is 1.95. The minimum atomic E-state index is 0.402. The maximum Gasteiger partial charge on any atom is 0.131 e. The van der Waals surface area contributed by atoms with Crippen LogP contribution in [0.15, 0.2) is 6.20 Å². The fourth-order valence-electron chi connectivity index (χ4n) is 1.95. The van der Waals surface area contributed by atoms with E-state index in [0.29, 0.717) is 18.4 Å². The van der Waals surface area contributed by atoms with Crippen LogP contribution in [0.4, 0.5) is 0 Å². The molecule has 1 aromatic heterocycles. The first-order chi connectivity index (χ1) is 6.72. The number of hydrogen-bond acceptors (Lipinski definition) is 3. The molecule has 0 amide bonds. The van der Waals surface area contributed by atoms with Gasteiger partial charge in [-0.1, -0.05) is 13.8 Å². The predicted octanol–water partition coefficient (Wildman–Crippen LogP) is 1.59. The highest BCUT2D eigenvalue weighted by Crippen LogP contribution is 2.30. The number of nitrogens with zero attached hydrogens (tertiary/aromatic N) is 2. The highest BCUT2D eigenvalue weighted by atomic mass is 14.9. The van der Waals surface area contributed by atoms with Crippen LogP contribution in [-0.2, 0) is 6.42 Å². The first kappa shape index (κ1) is 9.59. The predicted molar refractivity (Wildman–Crippen MR) is 56.2 cm³/mol. The molecule has 0 spiro atoms. The number of nitrogens with two attached hydrogens (primary N) is 1. The number of fused-ring (bicyclic) bond motifs is 1. The van der Waals surface area contributed by atoms with Crippen molar-refractivity contribution < 1.29 is 0 Å². The van der Waals surface area contributed by atoms with Crippen LogP contribution >= 0.6 is 0 Å². The Morgan fingerprint density at radius 1 is 1.57 bits per heavy atom. The summed E-state index contributed by atoms with van der Waals surface area (Å²) in [4.78, 5) is 8.98. The number of rotatable bonds is 2. The van der Waals surface area contributed by atoms with Crippen molar-refractivity contribution in [2.45, 2.75) is 38.5 Å². The van der Waals surface area contributed by atoms with Crippen molar-refractivity contribution in [3.63, 3.8) is 0 Å². The Labute approximate surface area is 84.8 Å². The minimum absolute atomic E-state index is 0.402. The van der Waals surface area contributed by atoms with Gasteiger partial charge in [0.05, 0.1) is 5.69 Å². The van der Waals surface area contributed by atoms with E-state index in [1.807, 2.05) is 6.20 Å². The molecule has 3 heteroatoms. The lowest BCUT2D eigenvalue weighted by Gasteiger charge is -2.09. The van der Waals surface area contributed by atoms with Crippen LogP contribution in [0, 0.1) is 0 Å². The molecular weight excluding hydrogens is 174 g/mol. The molecule has 0 bridgehead atoms. The third-order valence-corrected chi connectivity index (χ3v) is 2.87. The lowest BCUT2D eigenvalue weighted by Crippen LogP contribution is -2.12. The second kappa shape index (κ2) is 3.65. The van der Waals surface area contributed by atoms with Gasteiger partial charge >= 0.3 is 0 Å². The van der Waals surface area contributed by atoms with Gasteiger partial charge in [0.25, 0.3) is 0 Å². The summed E-state index contributed by atoms with van der Waals surface area (Å²) in [6, 6.07) is 0. The van der Waals surface area contributed by atoms with Gasteiger partial charge in [-0.25, -0.2) is 9.97 Å². The molecule has 1 atom stereocenters. The molecule has 0 radical (unpaired) electrons. The highest BCUT2D eigenvalue weighted by Gasteiger charge is 2.23. The molecule has 0 aromatic carbocycles. The second-order valence-electron chi connectivity index (χ2n) is 4.26. The highest BCUT2D eigenvalue weighted by molar-refractivity contribution is 5.27. The van der Waals surface area contributed by atoms with Gasteiger partial charge in [-0.05, 0) is 18.4 Å². The average molecular weight is 191 g/mol. The van der Waals surface area contributed by atoms with Crippen molar-refractivity contribution in [2.24, 2.45) is 5.73 Å². The van der Waals surface area contributed by atoms with Gasteiger partial charge < -0.3 is 5.73 Å². The fraction of sp³-hybridized carbons (Fsp3) is 0.636. The summed E-state index contributed by atoms with van der Waals surface area (Å²) in [6.45, 7) is 4.95. The summed E-state index contributed by atoms with van der Waals surface area (Å²) < 4.78 is 0.